The van der Waals surface area contributed by atoms with Crippen LogP contribution in [0.4, 0.5) is 0 Å². The van der Waals surface area contributed by atoms with Crippen molar-refractivity contribution in [2.75, 3.05) is 13.1 Å². The molecule has 20 heavy (non-hydrogen) atoms. The molecule has 2 aliphatic carbocycles. The average Bonchev–Trinajstić information content (AvgIpc) is 3.07. The van der Waals surface area contributed by atoms with Crippen LogP contribution < -0.4 is 11.1 Å². The quantitative estimate of drug-likeness (QED) is 0.862. The Kier molecular flexibility index (Phi) is 3.79. The van der Waals surface area contributed by atoms with Crippen molar-refractivity contribution in [3.63, 3.8) is 0 Å². The van der Waals surface area contributed by atoms with Gasteiger partial charge < -0.3 is 11.1 Å². The summed E-state index contributed by atoms with van der Waals surface area (Å²) in [6.45, 7) is 1.11. The van der Waals surface area contributed by atoms with E-state index in [-0.39, 0.29) is 11.3 Å². The number of hydrogen-bond donors (Lipinski definition) is 2. The molecular formula is C17H24N2O. The Morgan fingerprint density at radius 2 is 2.10 bits per heavy atom. The third kappa shape index (κ3) is 2.35. The molecule has 0 saturated heterocycles. The second-order valence-corrected chi connectivity index (χ2v) is 6.44. The fourth-order valence-corrected chi connectivity index (χ4v) is 4.34. The number of rotatable bonds is 5. The van der Waals surface area contributed by atoms with Crippen molar-refractivity contribution >= 4 is 5.91 Å². The summed E-state index contributed by atoms with van der Waals surface area (Å²) in [5.74, 6) is 1.55. The topological polar surface area (TPSA) is 55.1 Å². The molecule has 0 aromatic heterocycles. The van der Waals surface area contributed by atoms with Crippen LogP contribution >= 0.6 is 0 Å². The molecule has 3 N–H and O–H groups in total. The monoisotopic (exact) mass is 272 g/mol. The zero-order valence-corrected chi connectivity index (χ0v) is 12.0. The molecule has 2 aliphatic rings. The van der Waals surface area contributed by atoms with E-state index < -0.39 is 0 Å². The molecule has 2 bridgehead atoms. The molecule has 1 amide bonds. The Balaban J connectivity index is 1.83. The van der Waals surface area contributed by atoms with Gasteiger partial charge in [0.15, 0.2) is 0 Å². The van der Waals surface area contributed by atoms with Crippen molar-refractivity contribution < 1.29 is 4.79 Å². The minimum Gasteiger partial charge on any atom is -0.354 e. The molecule has 2 saturated carbocycles. The van der Waals surface area contributed by atoms with Crippen LogP contribution in [0.2, 0.25) is 0 Å². The third-order valence-electron chi connectivity index (χ3n) is 5.22. The molecule has 0 aliphatic heterocycles. The summed E-state index contributed by atoms with van der Waals surface area (Å²) in [4.78, 5) is 12.8. The standard InChI is InChI=1S/C17H24N2O/c18-8-9-19-16(20)17(11-13-4-2-1-3-5-13)12-14-6-7-15(17)10-14/h1-5,14-15H,6-12,18H2,(H,19,20). The molecule has 108 valence electrons. The zero-order chi connectivity index (χ0) is 14.0. The molecule has 3 heteroatoms. The van der Waals surface area contributed by atoms with E-state index in [1.54, 1.807) is 0 Å². The number of nitrogens with two attached hydrogens (primary N) is 1. The first kappa shape index (κ1) is 13.6. The summed E-state index contributed by atoms with van der Waals surface area (Å²) in [5, 5.41) is 3.06. The molecule has 0 spiro atoms. The summed E-state index contributed by atoms with van der Waals surface area (Å²) in [6, 6.07) is 10.4. The van der Waals surface area contributed by atoms with Gasteiger partial charge in [-0.05, 0) is 43.1 Å². The van der Waals surface area contributed by atoms with Crippen molar-refractivity contribution in [3.8, 4) is 0 Å². The first-order valence-electron chi connectivity index (χ1n) is 7.77. The molecule has 0 radical (unpaired) electrons. The first-order chi connectivity index (χ1) is 9.74. The largest absolute Gasteiger partial charge is 0.354 e. The number of benzene rings is 1. The Bertz CT molecular complexity index is 473. The lowest BCUT2D eigenvalue weighted by molar-refractivity contribution is -0.134. The van der Waals surface area contributed by atoms with E-state index in [0.29, 0.717) is 19.0 Å². The first-order valence-corrected chi connectivity index (χ1v) is 7.77. The highest BCUT2D eigenvalue weighted by Crippen LogP contribution is 2.57. The maximum absolute atomic E-state index is 12.8. The lowest BCUT2D eigenvalue weighted by Crippen LogP contribution is -2.47. The van der Waals surface area contributed by atoms with Gasteiger partial charge in [-0.1, -0.05) is 36.8 Å². The van der Waals surface area contributed by atoms with E-state index in [1.807, 2.05) is 6.07 Å². The molecule has 1 aromatic carbocycles. The molecule has 3 unspecified atom stereocenters. The van der Waals surface area contributed by atoms with E-state index in [2.05, 4.69) is 29.6 Å². The van der Waals surface area contributed by atoms with Gasteiger partial charge in [0, 0.05) is 13.1 Å². The van der Waals surface area contributed by atoms with Crippen LogP contribution in [0, 0.1) is 17.3 Å². The van der Waals surface area contributed by atoms with Crippen LogP contribution in [-0.4, -0.2) is 19.0 Å². The summed E-state index contributed by atoms with van der Waals surface area (Å²) in [5.41, 5.74) is 6.63. The fraction of sp³-hybridized carbons (Fsp3) is 0.588. The van der Waals surface area contributed by atoms with Crippen LogP contribution in [0.25, 0.3) is 0 Å². The molecule has 0 heterocycles. The molecule has 3 atom stereocenters. The Hall–Kier alpha value is -1.35. The highest BCUT2D eigenvalue weighted by molar-refractivity contribution is 5.84. The number of fused-ring (bicyclic) bond motifs is 2. The predicted octanol–water partition coefficient (Wildman–Crippen LogP) is 2.11. The highest BCUT2D eigenvalue weighted by Gasteiger charge is 2.54. The normalized spacial score (nSPS) is 31.4. The molecule has 3 nitrogen and oxygen atoms in total. The number of nitrogens with one attached hydrogen (secondary N) is 1. The van der Waals surface area contributed by atoms with Gasteiger partial charge in [-0.15, -0.1) is 0 Å². The van der Waals surface area contributed by atoms with Gasteiger partial charge >= 0.3 is 0 Å². The van der Waals surface area contributed by atoms with Crippen molar-refractivity contribution in [1.29, 1.82) is 0 Å². The third-order valence-corrected chi connectivity index (χ3v) is 5.22. The minimum absolute atomic E-state index is 0.181. The van der Waals surface area contributed by atoms with E-state index in [4.69, 9.17) is 5.73 Å². The van der Waals surface area contributed by atoms with Crippen molar-refractivity contribution in [2.45, 2.75) is 32.1 Å². The Labute approximate surface area is 120 Å². The van der Waals surface area contributed by atoms with Gasteiger partial charge in [0.05, 0.1) is 5.41 Å². The second kappa shape index (κ2) is 5.57. The van der Waals surface area contributed by atoms with Gasteiger partial charge in [0.2, 0.25) is 5.91 Å². The maximum Gasteiger partial charge on any atom is 0.226 e. The molecule has 1 aromatic rings. The van der Waals surface area contributed by atoms with Crippen molar-refractivity contribution in [1.82, 2.24) is 5.32 Å². The van der Waals surface area contributed by atoms with Crippen LogP contribution in [0.1, 0.15) is 31.2 Å². The summed E-state index contributed by atoms with van der Waals surface area (Å²) < 4.78 is 0. The number of carbonyl (C=O) groups excluding carboxylic acids is 1. The Morgan fingerprint density at radius 3 is 2.70 bits per heavy atom. The lowest BCUT2D eigenvalue weighted by atomic mass is 9.68. The molecule has 3 rings (SSSR count). The van der Waals surface area contributed by atoms with Gasteiger partial charge in [-0.2, -0.15) is 0 Å². The van der Waals surface area contributed by atoms with Gasteiger partial charge in [-0.3, -0.25) is 4.79 Å². The van der Waals surface area contributed by atoms with Gasteiger partial charge in [-0.25, -0.2) is 0 Å². The number of amides is 1. The van der Waals surface area contributed by atoms with Gasteiger partial charge in [0.1, 0.15) is 0 Å². The lowest BCUT2D eigenvalue weighted by Gasteiger charge is -2.36. The smallest absolute Gasteiger partial charge is 0.226 e. The fourth-order valence-electron chi connectivity index (χ4n) is 4.34. The second-order valence-electron chi connectivity index (χ2n) is 6.44. The van der Waals surface area contributed by atoms with Crippen LogP contribution in [0.3, 0.4) is 0 Å². The van der Waals surface area contributed by atoms with Crippen molar-refractivity contribution in [2.24, 2.45) is 23.0 Å². The zero-order valence-electron chi connectivity index (χ0n) is 12.0. The van der Waals surface area contributed by atoms with E-state index in [9.17, 15) is 4.79 Å². The SMILES string of the molecule is NCCNC(=O)C1(Cc2ccccc2)CC2CCC1C2. The molecule has 2 fully saturated rings. The van der Waals surface area contributed by atoms with E-state index >= 15 is 0 Å². The number of carbonyl (C=O) groups is 1. The number of hydrogen-bond acceptors (Lipinski definition) is 2. The van der Waals surface area contributed by atoms with Crippen LogP contribution in [0.5, 0.6) is 0 Å². The summed E-state index contributed by atoms with van der Waals surface area (Å²) >= 11 is 0. The Morgan fingerprint density at radius 1 is 1.30 bits per heavy atom. The summed E-state index contributed by atoms with van der Waals surface area (Å²) in [7, 11) is 0. The van der Waals surface area contributed by atoms with Gasteiger partial charge in [0.25, 0.3) is 0 Å². The highest BCUT2D eigenvalue weighted by atomic mass is 16.2. The van der Waals surface area contributed by atoms with Crippen molar-refractivity contribution in [3.05, 3.63) is 35.9 Å². The predicted molar refractivity (Wildman–Crippen MR) is 80.1 cm³/mol. The average molecular weight is 272 g/mol. The maximum atomic E-state index is 12.8. The van der Waals surface area contributed by atoms with E-state index in [1.165, 1.54) is 24.8 Å². The van der Waals surface area contributed by atoms with Crippen LogP contribution in [0.15, 0.2) is 30.3 Å². The minimum atomic E-state index is -0.181. The van der Waals surface area contributed by atoms with E-state index in [0.717, 1.165) is 18.8 Å². The summed E-state index contributed by atoms with van der Waals surface area (Å²) in [6.07, 6.45) is 5.70. The van der Waals surface area contributed by atoms with Crippen LogP contribution in [-0.2, 0) is 11.2 Å². The molecular weight excluding hydrogens is 248 g/mol.